The number of hydrogen-bond acceptors (Lipinski definition) is 4. The van der Waals surface area contributed by atoms with Crippen molar-refractivity contribution in [3.8, 4) is 5.75 Å². The van der Waals surface area contributed by atoms with E-state index in [1.54, 1.807) is 14.0 Å². The van der Waals surface area contributed by atoms with Crippen molar-refractivity contribution in [3.63, 3.8) is 0 Å². The highest BCUT2D eigenvalue weighted by Crippen LogP contribution is 2.16. The van der Waals surface area contributed by atoms with E-state index in [4.69, 9.17) is 9.47 Å². The molecule has 1 aromatic rings. The molecule has 0 aliphatic rings. The number of ether oxygens (including phenoxy) is 2. The van der Waals surface area contributed by atoms with Crippen molar-refractivity contribution in [2.45, 2.75) is 39.2 Å². The Morgan fingerprint density at radius 2 is 2.10 bits per heavy atom. The first-order chi connectivity index (χ1) is 9.55. The second kappa shape index (κ2) is 7.90. The molecule has 0 spiro atoms. The number of benzene rings is 1. The summed E-state index contributed by atoms with van der Waals surface area (Å²) in [5.41, 5.74) is 0.530. The van der Waals surface area contributed by atoms with E-state index in [2.05, 4.69) is 18.3 Å². The maximum absolute atomic E-state index is 11.9. The second-order valence-electron chi connectivity index (χ2n) is 4.90. The van der Waals surface area contributed by atoms with E-state index in [0.29, 0.717) is 19.6 Å². The molecule has 0 amide bonds. The monoisotopic (exact) mass is 279 g/mol. The lowest BCUT2D eigenvalue weighted by Crippen LogP contribution is -2.49. The molecule has 0 aliphatic heterocycles. The summed E-state index contributed by atoms with van der Waals surface area (Å²) in [5.74, 6) is 0.597. The molecule has 1 unspecified atom stereocenters. The summed E-state index contributed by atoms with van der Waals surface area (Å²) in [4.78, 5) is 11.9. The maximum Gasteiger partial charge on any atom is 0.326 e. The predicted octanol–water partition coefficient (Wildman–Crippen LogP) is 2.56. The lowest BCUT2D eigenvalue weighted by molar-refractivity contribution is -0.150. The predicted molar refractivity (Wildman–Crippen MR) is 80.0 cm³/mol. The zero-order valence-electron chi connectivity index (χ0n) is 12.9. The Balaban J connectivity index is 2.54. The fourth-order valence-corrected chi connectivity index (χ4v) is 1.85. The normalized spacial score (nSPS) is 13.6. The Morgan fingerprint density at radius 1 is 1.35 bits per heavy atom. The van der Waals surface area contributed by atoms with E-state index in [1.165, 1.54) is 5.56 Å². The van der Waals surface area contributed by atoms with Crippen molar-refractivity contribution in [2.24, 2.45) is 0 Å². The van der Waals surface area contributed by atoms with Crippen LogP contribution < -0.4 is 10.1 Å². The van der Waals surface area contributed by atoms with Crippen LogP contribution in [0.25, 0.3) is 0 Å². The lowest BCUT2D eigenvalue weighted by atomic mass is 9.99. The summed E-state index contributed by atoms with van der Waals surface area (Å²) in [6, 6.07) is 8.02. The van der Waals surface area contributed by atoms with Gasteiger partial charge in [-0.05, 0) is 45.0 Å². The summed E-state index contributed by atoms with van der Waals surface area (Å²) < 4.78 is 10.8. The van der Waals surface area contributed by atoms with E-state index in [0.717, 1.165) is 12.2 Å². The fourth-order valence-electron chi connectivity index (χ4n) is 1.85. The van der Waals surface area contributed by atoms with Gasteiger partial charge in [0.05, 0.1) is 13.2 Å². The van der Waals surface area contributed by atoms with Gasteiger partial charge < -0.3 is 14.8 Å². The van der Waals surface area contributed by atoms with Crippen molar-refractivity contribution in [1.29, 1.82) is 0 Å². The maximum atomic E-state index is 11.9. The summed E-state index contributed by atoms with van der Waals surface area (Å²) in [7, 11) is 1.76. The molecule has 1 atom stereocenters. The summed E-state index contributed by atoms with van der Waals surface area (Å²) >= 11 is 0. The molecular formula is C16H25NO3. The highest BCUT2D eigenvalue weighted by atomic mass is 16.5. The van der Waals surface area contributed by atoms with Gasteiger partial charge in [0.25, 0.3) is 0 Å². The number of likely N-dealkylation sites (N-methyl/N-ethyl adjacent to an activating group) is 1. The molecule has 0 bridgehead atoms. The van der Waals surface area contributed by atoms with Crippen molar-refractivity contribution in [3.05, 3.63) is 29.8 Å². The van der Waals surface area contributed by atoms with Crippen LogP contribution in [0.5, 0.6) is 5.75 Å². The van der Waals surface area contributed by atoms with E-state index >= 15 is 0 Å². The van der Waals surface area contributed by atoms with Gasteiger partial charge in [0.1, 0.15) is 11.3 Å². The van der Waals surface area contributed by atoms with E-state index in [9.17, 15) is 4.79 Å². The largest absolute Gasteiger partial charge is 0.493 e. The molecule has 0 saturated heterocycles. The lowest BCUT2D eigenvalue weighted by Gasteiger charge is -2.26. The molecule has 0 fully saturated rings. The summed E-state index contributed by atoms with van der Waals surface area (Å²) in [6.45, 7) is 6.59. The first kappa shape index (κ1) is 16.5. The van der Waals surface area contributed by atoms with Gasteiger partial charge in [-0.15, -0.1) is 0 Å². The first-order valence-electron chi connectivity index (χ1n) is 7.13. The summed E-state index contributed by atoms with van der Waals surface area (Å²) in [6.07, 6.45) is 1.53. The fraction of sp³-hybridized carbons (Fsp3) is 0.562. The number of hydrogen-bond donors (Lipinski definition) is 1. The third-order valence-electron chi connectivity index (χ3n) is 3.46. The molecule has 0 saturated carbocycles. The highest BCUT2D eigenvalue weighted by Gasteiger charge is 2.32. The minimum Gasteiger partial charge on any atom is -0.493 e. The molecule has 0 heterocycles. The Labute approximate surface area is 121 Å². The van der Waals surface area contributed by atoms with Gasteiger partial charge in [-0.25, -0.2) is 0 Å². The Bertz CT molecular complexity index is 433. The molecule has 1 rings (SSSR count). The number of carbonyl (C=O) groups excluding carboxylic acids is 1. The van der Waals surface area contributed by atoms with E-state index in [1.807, 2.05) is 25.1 Å². The van der Waals surface area contributed by atoms with Gasteiger partial charge in [0.2, 0.25) is 0 Å². The molecule has 4 heteroatoms. The third kappa shape index (κ3) is 4.53. The summed E-state index contributed by atoms with van der Waals surface area (Å²) in [5, 5.41) is 3.02. The molecular weight excluding hydrogens is 254 g/mol. The van der Waals surface area contributed by atoms with Gasteiger partial charge in [-0.2, -0.15) is 0 Å². The molecule has 0 aromatic heterocycles. The van der Waals surface area contributed by atoms with E-state index < -0.39 is 5.54 Å². The number of carbonyl (C=O) groups is 1. The number of nitrogens with one attached hydrogen (secondary N) is 1. The van der Waals surface area contributed by atoms with Crippen LogP contribution in [0, 0.1) is 0 Å². The molecule has 112 valence electrons. The third-order valence-corrected chi connectivity index (χ3v) is 3.46. The van der Waals surface area contributed by atoms with Gasteiger partial charge in [-0.3, -0.25) is 4.79 Å². The van der Waals surface area contributed by atoms with Crippen LogP contribution in [0.3, 0.4) is 0 Å². The SMILES string of the molecule is CCOC(=O)C(C)(CCOc1cccc(CC)c1)NC. The highest BCUT2D eigenvalue weighted by molar-refractivity contribution is 5.80. The van der Waals surface area contributed by atoms with Crippen LogP contribution in [0.15, 0.2) is 24.3 Å². The molecule has 4 nitrogen and oxygen atoms in total. The second-order valence-corrected chi connectivity index (χ2v) is 4.90. The van der Waals surface area contributed by atoms with Gasteiger partial charge >= 0.3 is 5.97 Å². The topological polar surface area (TPSA) is 47.6 Å². The van der Waals surface area contributed by atoms with Crippen molar-refractivity contribution >= 4 is 5.97 Å². The molecule has 0 aliphatic carbocycles. The first-order valence-corrected chi connectivity index (χ1v) is 7.13. The standard InChI is InChI=1S/C16H25NO3/c1-5-13-8-7-9-14(12-13)20-11-10-16(3,17-4)15(18)19-6-2/h7-9,12,17H,5-6,10-11H2,1-4H3. The zero-order valence-corrected chi connectivity index (χ0v) is 12.9. The van der Waals surface area contributed by atoms with Gasteiger partial charge in [0.15, 0.2) is 0 Å². The van der Waals surface area contributed by atoms with E-state index in [-0.39, 0.29) is 5.97 Å². The average molecular weight is 279 g/mol. The number of rotatable bonds is 8. The number of aryl methyl sites for hydroxylation is 1. The average Bonchev–Trinajstić information content (AvgIpc) is 2.47. The van der Waals surface area contributed by atoms with Crippen LogP contribution in [0.2, 0.25) is 0 Å². The minimum atomic E-state index is -0.710. The smallest absolute Gasteiger partial charge is 0.326 e. The van der Waals surface area contributed by atoms with Crippen LogP contribution >= 0.6 is 0 Å². The Kier molecular flexibility index (Phi) is 6.52. The van der Waals surface area contributed by atoms with Crippen molar-refractivity contribution in [2.75, 3.05) is 20.3 Å². The molecule has 0 radical (unpaired) electrons. The van der Waals surface area contributed by atoms with Crippen LogP contribution in [0.1, 0.15) is 32.8 Å². The van der Waals surface area contributed by atoms with Crippen molar-refractivity contribution in [1.82, 2.24) is 5.32 Å². The minimum absolute atomic E-state index is 0.242. The van der Waals surface area contributed by atoms with Crippen molar-refractivity contribution < 1.29 is 14.3 Å². The quantitative estimate of drug-likeness (QED) is 0.743. The van der Waals surface area contributed by atoms with Gasteiger partial charge in [-0.1, -0.05) is 19.1 Å². The molecule has 20 heavy (non-hydrogen) atoms. The number of esters is 1. The van der Waals surface area contributed by atoms with Crippen LogP contribution in [-0.2, 0) is 16.0 Å². The zero-order chi connectivity index (χ0) is 15.0. The molecule has 1 aromatic carbocycles. The Hall–Kier alpha value is -1.55. The molecule has 1 N–H and O–H groups in total. The van der Waals surface area contributed by atoms with Crippen LogP contribution in [-0.4, -0.2) is 31.8 Å². The Morgan fingerprint density at radius 3 is 2.70 bits per heavy atom. The van der Waals surface area contributed by atoms with Gasteiger partial charge in [0, 0.05) is 6.42 Å². The van der Waals surface area contributed by atoms with Crippen LogP contribution in [0.4, 0.5) is 0 Å².